The molecule has 1 aliphatic heterocycles. The minimum Gasteiger partial charge on any atom is -0.302 e. The maximum absolute atomic E-state index is 12.9. The fourth-order valence-electron chi connectivity index (χ4n) is 3.33. The van der Waals surface area contributed by atoms with Gasteiger partial charge in [-0.05, 0) is 43.1 Å². The third kappa shape index (κ3) is 5.12. The van der Waals surface area contributed by atoms with Crippen molar-refractivity contribution in [1.82, 2.24) is 9.21 Å². The Labute approximate surface area is 163 Å². The van der Waals surface area contributed by atoms with Crippen molar-refractivity contribution in [2.45, 2.75) is 23.9 Å². The van der Waals surface area contributed by atoms with Crippen LogP contribution < -0.4 is 0 Å². The molecule has 0 N–H and O–H groups in total. The minimum absolute atomic E-state index is 0.271. The summed E-state index contributed by atoms with van der Waals surface area (Å²) in [6.45, 7) is 2.72. The molecule has 8 heteroatoms. The number of hydrogen-bond acceptors (Lipinski definition) is 3. The highest BCUT2D eigenvalue weighted by Crippen LogP contribution is 2.31. The van der Waals surface area contributed by atoms with Crippen LogP contribution in [0.1, 0.15) is 17.5 Å². The van der Waals surface area contributed by atoms with E-state index in [1.165, 1.54) is 15.9 Å². The van der Waals surface area contributed by atoms with Gasteiger partial charge in [-0.15, -0.1) is 0 Å². The average Bonchev–Trinajstić information content (AvgIpc) is 2.93. The van der Waals surface area contributed by atoms with E-state index in [0.717, 1.165) is 31.6 Å². The third-order valence-electron chi connectivity index (χ3n) is 4.91. The molecule has 0 radical (unpaired) electrons. The van der Waals surface area contributed by atoms with E-state index in [1.807, 2.05) is 18.2 Å². The predicted molar refractivity (Wildman–Crippen MR) is 101 cm³/mol. The number of halogens is 3. The molecule has 0 spiro atoms. The second kappa shape index (κ2) is 8.63. The van der Waals surface area contributed by atoms with Crippen molar-refractivity contribution in [2.75, 3.05) is 32.7 Å². The number of sulfonamides is 1. The summed E-state index contributed by atoms with van der Waals surface area (Å²) in [6.07, 6.45) is -3.05. The fraction of sp³-hybridized carbons (Fsp3) is 0.400. The lowest BCUT2D eigenvalue weighted by atomic mass is 10.1. The maximum Gasteiger partial charge on any atom is 0.416 e. The van der Waals surface area contributed by atoms with Crippen LogP contribution in [0.3, 0.4) is 0 Å². The lowest BCUT2D eigenvalue weighted by molar-refractivity contribution is -0.137. The Hall–Kier alpha value is -1.90. The SMILES string of the molecule is O=S(=O)(c1cccc(C(F)(F)F)c1)N1CCCN(CCc2ccccc2)CC1. The molecule has 28 heavy (non-hydrogen) atoms. The number of alkyl halides is 3. The zero-order valence-electron chi connectivity index (χ0n) is 15.4. The number of nitrogens with zero attached hydrogens (tertiary/aromatic N) is 2. The number of benzene rings is 2. The lowest BCUT2D eigenvalue weighted by Crippen LogP contribution is -2.35. The van der Waals surface area contributed by atoms with Gasteiger partial charge in [-0.2, -0.15) is 17.5 Å². The van der Waals surface area contributed by atoms with Gasteiger partial charge >= 0.3 is 6.18 Å². The van der Waals surface area contributed by atoms with Crippen molar-refractivity contribution >= 4 is 10.0 Å². The molecule has 1 fully saturated rings. The van der Waals surface area contributed by atoms with Crippen LogP contribution in [-0.4, -0.2) is 50.3 Å². The van der Waals surface area contributed by atoms with Crippen molar-refractivity contribution < 1.29 is 21.6 Å². The van der Waals surface area contributed by atoms with Crippen LogP contribution in [0.15, 0.2) is 59.5 Å². The van der Waals surface area contributed by atoms with Gasteiger partial charge in [0.2, 0.25) is 10.0 Å². The van der Waals surface area contributed by atoms with Gasteiger partial charge in [0, 0.05) is 26.2 Å². The molecule has 2 aromatic carbocycles. The summed E-state index contributed by atoms with van der Waals surface area (Å²) in [5.41, 5.74) is 0.271. The normalized spacial score (nSPS) is 17.4. The second-order valence-electron chi connectivity index (χ2n) is 6.86. The summed E-state index contributed by atoms with van der Waals surface area (Å²) in [6, 6.07) is 14.0. The van der Waals surface area contributed by atoms with E-state index in [2.05, 4.69) is 17.0 Å². The Balaban J connectivity index is 1.66. The molecule has 4 nitrogen and oxygen atoms in total. The molecular weight excluding hydrogens is 389 g/mol. The van der Waals surface area contributed by atoms with Gasteiger partial charge in [-0.1, -0.05) is 36.4 Å². The number of rotatable bonds is 5. The van der Waals surface area contributed by atoms with E-state index < -0.39 is 21.8 Å². The zero-order valence-corrected chi connectivity index (χ0v) is 16.2. The average molecular weight is 412 g/mol. The first-order valence-electron chi connectivity index (χ1n) is 9.20. The molecule has 0 atom stereocenters. The fourth-order valence-corrected chi connectivity index (χ4v) is 4.84. The Morgan fingerprint density at radius 1 is 0.893 bits per heavy atom. The van der Waals surface area contributed by atoms with Crippen LogP contribution in [0.2, 0.25) is 0 Å². The molecule has 0 unspecified atom stereocenters. The summed E-state index contributed by atoms with van der Waals surface area (Å²) < 4.78 is 65.8. The highest BCUT2D eigenvalue weighted by atomic mass is 32.2. The second-order valence-corrected chi connectivity index (χ2v) is 8.80. The van der Waals surface area contributed by atoms with Crippen molar-refractivity contribution in [2.24, 2.45) is 0 Å². The molecule has 1 saturated heterocycles. The maximum atomic E-state index is 12.9. The van der Waals surface area contributed by atoms with Gasteiger partial charge < -0.3 is 4.90 Å². The first-order chi connectivity index (χ1) is 13.3. The summed E-state index contributed by atoms with van der Waals surface area (Å²) in [5, 5.41) is 0. The Kier molecular flexibility index (Phi) is 6.42. The highest BCUT2D eigenvalue weighted by molar-refractivity contribution is 7.89. The zero-order chi connectivity index (χ0) is 20.2. The predicted octanol–water partition coefficient (Wildman–Crippen LogP) is 3.64. The molecule has 0 amide bonds. The van der Waals surface area contributed by atoms with E-state index in [-0.39, 0.29) is 11.4 Å². The summed E-state index contributed by atoms with van der Waals surface area (Å²) in [7, 11) is -3.95. The van der Waals surface area contributed by atoms with Crippen LogP contribution >= 0.6 is 0 Å². The Morgan fingerprint density at radius 3 is 2.36 bits per heavy atom. The molecule has 0 saturated carbocycles. The monoisotopic (exact) mass is 412 g/mol. The molecule has 2 aromatic rings. The van der Waals surface area contributed by atoms with Crippen LogP contribution in [0.4, 0.5) is 13.2 Å². The highest BCUT2D eigenvalue weighted by Gasteiger charge is 2.33. The van der Waals surface area contributed by atoms with Crippen molar-refractivity contribution in [3.8, 4) is 0 Å². The van der Waals surface area contributed by atoms with Crippen LogP contribution in [0, 0.1) is 0 Å². The smallest absolute Gasteiger partial charge is 0.302 e. The van der Waals surface area contributed by atoms with Crippen LogP contribution in [0.25, 0.3) is 0 Å². The summed E-state index contributed by atoms with van der Waals surface area (Å²) in [5.74, 6) is 0. The lowest BCUT2D eigenvalue weighted by Gasteiger charge is -2.22. The van der Waals surface area contributed by atoms with Gasteiger partial charge in [-0.3, -0.25) is 0 Å². The standard InChI is InChI=1S/C20H23F3N2O2S/c21-20(22,23)18-8-4-9-19(16-18)28(26,27)25-12-5-11-24(14-15-25)13-10-17-6-2-1-3-7-17/h1-4,6-9,16H,5,10-15H2. The van der Waals surface area contributed by atoms with Gasteiger partial charge in [0.05, 0.1) is 10.5 Å². The summed E-state index contributed by atoms with van der Waals surface area (Å²) >= 11 is 0. The largest absolute Gasteiger partial charge is 0.416 e. The molecule has 152 valence electrons. The Morgan fingerprint density at radius 2 is 1.64 bits per heavy atom. The van der Waals surface area contributed by atoms with Gasteiger partial charge in [0.1, 0.15) is 0 Å². The first-order valence-corrected chi connectivity index (χ1v) is 10.6. The van der Waals surface area contributed by atoms with Gasteiger partial charge in [-0.25, -0.2) is 8.42 Å². The van der Waals surface area contributed by atoms with Crippen LogP contribution in [0.5, 0.6) is 0 Å². The first kappa shape index (κ1) is 20.8. The van der Waals surface area contributed by atoms with Crippen LogP contribution in [-0.2, 0) is 22.6 Å². The third-order valence-corrected chi connectivity index (χ3v) is 6.80. The van der Waals surface area contributed by atoms with E-state index in [0.29, 0.717) is 25.6 Å². The van der Waals surface area contributed by atoms with Crippen molar-refractivity contribution in [3.05, 3.63) is 65.7 Å². The molecule has 0 aliphatic carbocycles. The Bertz CT molecular complexity index is 886. The summed E-state index contributed by atoms with van der Waals surface area (Å²) in [4.78, 5) is 1.90. The van der Waals surface area contributed by atoms with E-state index in [1.54, 1.807) is 0 Å². The molecule has 1 aliphatic rings. The van der Waals surface area contributed by atoms with Gasteiger partial charge in [0.25, 0.3) is 0 Å². The molecular formula is C20H23F3N2O2S. The van der Waals surface area contributed by atoms with Gasteiger partial charge in [0.15, 0.2) is 0 Å². The molecule has 0 bridgehead atoms. The van der Waals surface area contributed by atoms with E-state index >= 15 is 0 Å². The quantitative estimate of drug-likeness (QED) is 0.753. The minimum atomic E-state index is -4.57. The van der Waals surface area contributed by atoms with Crippen molar-refractivity contribution in [1.29, 1.82) is 0 Å². The van der Waals surface area contributed by atoms with E-state index in [4.69, 9.17) is 0 Å². The molecule has 1 heterocycles. The topological polar surface area (TPSA) is 40.6 Å². The number of hydrogen-bond donors (Lipinski definition) is 0. The van der Waals surface area contributed by atoms with E-state index in [9.17, 15) is 21.6 Å². The van der Waals surface area contributed by atoms with Crippen molar-refractivity contribution in [3.63, 3.8) is 0 Å². The molecule has 0 aromatic heterocycles. The molecule has 3 rings (SSSR count).